The van der Waals surface area contributed by atoms with E-state index in [1.165, 1.54) is 6.08 Å². The van der Waals surface area contributed by atoms with Gasteiger partial charge in [-0.2, -0.15) is 4.98 Å². The van der Waals surface area contributed by atoms with Crippen LogP contribution in [0, 0.1) is 0 Å². The van der Waals surface area contributed by atoms with Crippen molar-refractivity contribution in [1.29, 1.82) is 0 Å². The van der Waals surface area contributed by atoms with Gasteiger partial charge in [0.15, 0.2) is 0 Å². The minimum Gasteiger partial charge on any atom is -0.339 e. The fourth-order valence-corrected chi connectivity index (χ4v) is 2.81. The van der Waals surface area contributed by atoms with E-state index in [9.17, 15) is 4.79 Å². The number of anilines is 1. The minimum absolute atomic E-state index is 0.204. The first kappa shape index (κ1) is 18.3. The van der Waals surface area contributed by atoms with Gasteiger partial charge in [0.05, 0.1) is 6.42 Å². The standard InChI is InChI=1S/C23H18N4O2/c28-21(11-10-17-6-2-1-3-7-17)25-20-9-5-4-8-19(20)16-22-26-23(27-29-22)18-12-14-24-15-13-18/h1-15H,16H2,(H,25,28). The number of nitrogens with zero attached hydrogens (tertiary/aromatic N) is 3. The molecule has 6 heteroatoms. The van der Waals surface area contributed by atoms with Gasteiger partial charge < -0.3 is 9.84 Å². The van der Waals surface area contributed by atoms with E-state index in [1.807, 2.05) is 66.7 Å². The summed E-state index contributed by atoms with van der Waals surface area (Å²) in [4.78, 5) is 20.8. The fraction of sp³-hybridized carbons (Fsp3) is 0.0435. The van der Waals surface area contributed by atoms with Crippen molar-refractivity contribution in [2.24, 2.45) is 0 Å². The number of hydrogen-bond acceptors (Lipinski definition) is 5. The van der Waals surface area contributed by atoms with Crippen molar-refractivity contribution in [3.05, 3.63) is 102 Å². The van der Waals surface area contributed by atoms with Crippen LogP contribution in [0.15, 0.2) is 89.7 Å². The average Bonchev–Trinajstić information content (AvgIpc) is 3.24. The summed E-state index contributed by atoms with van der Waals surface area (Å²) in [5.41, 5.74) is 3.39. The maximum absolute atomic E-state index is 12.3. The molecule has 2 aromatic carbocycles. The number of carbonyl (C=O) groups excluding carboxylic acids is 1. The van der Waals surface area contributed by atoms with Gasteiger partial charge in [-0.25, -0.2) is 0 Å². The number of pyridine rings is 1. The van der Waals surface area contributed by atoms with Crippen LogP contribution in [0.4, 0.5) is 5.69 Å². The average molecular weight is 382 g/mol. The van der Waals surface area contributed by atoms with Crippen LogP contribution in [0.3, 0.4) is 0 Å². The third-order valence-corrected chi connectivity index (χ3v) is 4.25. The molecule has 29 heavy (non-hydrogen) atoms. The third-order valence-electron chi connectivity index (χ3n) is 4.25. The second-order valence-corrected chi connectivity index (χ2v) is 6.31. The molecule has 0 spiro atoms. The van der Waals surface area contributed by atoms with E-state index in [-0.39, 0.29) is 5.91 Å². The SMILES string of the molecule is O=C(C=Cc1ccccc1)Nc1ccccc1Cc1nc(-c2ccncc2)no1. The van der Waals surface area contributed by atoms with Gasteiger partial charge in [0.2, 0.25) is 17.6 Å². The van der Waals surface area contributed by atoms with Gasteiger partial charge >= 0.3 is 0 Å². The molecule has 2 aromatic heterocycles. The molecule has 142 valence electrons. The maximum Gasteiger partial charge on any atom is 0.248 e. The molecule has 4 rings (SSSR count). The van der Waals surface area contributed by atoms with Crippen molar-refractivity contribution in [3.8, 4) is 11.4 Å². The molecular formula is C23H18N4O2. The summed E-state index contributed by atoms with van der Waals surface area (Å²) in [5.74, 6) is 0.775. The predicted molar refractivity (Wildman–Crippen MR) is 111 cm³/mol. The molecule has 0 radical (unpaired) electrons. The minimum atomic E-state index is -0.204. The molecule has 0 unspecified atom stereocenters. The quantitative estimate of drug-likeness (QED) is 0.501. The predicted octanol–water partition coefficient (Wildman–Crippen LogP) is 4.37. The lowest BCUT2D eigenvalue weighted by Crippen LogP contribution is -2.10. The summed E-state index contributed by atoms with van der Waals surface area (Å²) < 4.78 is 5.38. The number of amides is 1. The Balaban J connectivity index is 1.47. The van der Waals surface area contributed by atoms with Gasteiger partial charge in [0, 0.05) is 29.7 Å². The van der Waals surface area contributed by atoms with E-state index in [2.05, 4.69) is 20.4 Å². The van der Waals surface area contributed by atoms with Crippen LogP contribution in [0.2, 0.25) is 0 Å². The van der Waals surface area contributed by atoms with Crippen molar-refractivity contribution in [1.82, 2.24) is 15.1 Å². The maximum atomic E-state index is 12.3. The first-order chi connectivity index (χ1) is 14.3. The van der Waals surface area contributed by atoms with Crippen LogP contribution in [0.25, 0.3) is 17.5 Å². The number of aromatic nitrogens is 3. The lowest BCUT2D eigenvalue weighted by molar-refractivity contribution is -0.111. The van der Waals surface area contributed by atoms with Gasteiger partial charge in [-0.05, 0) is 35.4 Å². The van der Waals surface area contributed by atoms with Crippen LogP contribution in [0.1, 0.15) is 17.0 Å². The van der Waals surface area contributed by atoms with E-state index >= 15 is 0 Å². The summed E-state index contributed by atoms with van der Waals surface area (Å²) >= 11 is 0. The normalized spacial score (nSPS) is 10.9. The lowest BCUT2D eigenvalue weighted by Gasteiger charge is -2.08. The van der Waals surface area contributed by atoms with E-state index in [1.54, 1.807) is 18.5 Å². The zero-order valence-corrected chi connectivity index (χ0v) is 15.5. The number of benzene rings is 2. The zero-order valence-electron chi connectivity index (χ0n) is 15.5. The highest BCUT2D eigenvalue weighted by molar-refractivity contribution is 6.02. The largest absolute Gasteiger partial charge is 0.339 e. The Morgan fingerprint density at radius 3 is 2.55 bits per heavy atom. The molecule has 0 aliphatic rings. The zero-order chi connectivity index (χ0) is 19.9. The molecule has 0 bridgehead atoms. The first-order valence-corrected chi connectivity index (χ1v) is 9.13. The monoisotopic (exact) mass is 382 g/mol. The van der Waals surface area contributed by atoms with Crippen LogP contribution in [-0.2, 0) is 11.2 Å². The van der Waals surface area contributed by atoms with E-state index in [4.69, 9.17) is 4.52 Å². The molecule has 6 nitrogen and oxygen atoms in total. The Labute approximate surface area is 167 Å². The van der Waals surface area contributed by atoms with Gasteiger partial charge in [-0.3, -0.25) is 9.78 Å². The topological polar surface area (TPSA) is 80.9 Å². The molecule has 0 aliphatic heterocycles. The lowest BCUT2D eigenvalue weighted by atomic mass is 10.1. The third kappa shape index (κ3) is 4.81. The molecule has 0 aliphatic carbocycles. The molecule has 0 fully saturated rings. The molecule has 0 atom stereocenters. The molecule has 1 amide bonds. The second kappa shape index (κ2) is 8.75. The van der Waals surface area contributed by atoms with Crippen molar-refractivity contribution < 1.29 is 9.32 Å². The van der Waals surface area contributed by atoms with Gasteiger partial charge in [0.1, 0.15) is 0 Å². The number of nitrogens with one attached hydrogen (secondary N) is 1. The smallest absolute Gasteiger partial charge is 0.248 e. The second-order valence-electron chi connectivity index (χ2n) is 6.31. The Morgan fingerprint density at radius 2 is 1.72 bits per heavy atom. The number of para-hydroxylation sites is 1. The van der Waals surface area contributed by atoms with Crippen LogP contribution >= 0.6 is 0 Å². The summed E-state index contributed by atoms with van der Waals surface area (Å²) in [5, 5.41) is 6.94. The van der Waals surface area contributed by atoms with E-state index in [0.29, 0.717) is 23.8 Å². The molecule has 0 saturated heterocycles. The van der Waals surface area contributed by atoms with Crippen molar-refractivity contribution in [3.63, 3.8) is 0 Å². The fourth-order valence-electron chi connectivity index (χ4n) is 2.81. The molecule has 4 aromatic rings. The Morgan fingerprint density at radius 1 is 0.966 bits per heavy atom. The molecule has 2 heterocycles. The van der Waals surface area contributed by atoms with Gasteiger partial charge in [-0.15, -0.1) is 0 Å². The summed E-state index contributed by atoms with van der Waals surface area (Å²) in [6.07, 6.45) is 7.06. The molecule has 1 N–H and O–H groups in total. The highest BCUT2D eigenvalue weighted by Gasteiger charge is 2.12. The van der Waals surface area contributed by atoms with Crippen LogP contribution in [-0.4, -0.2) is 21.0 Å². The number of rotatable bonds is 6. The van der Waals surface area contributed by atoms with E-state index < -0.39 is 0 Å². The highest BCUT2D eigenvalue weighted by atomic mass is 16.5. The number of carbonyl (C=O) groups is 1. The summed E-state index contributed by atoms with van der Waals surface area (Å²) in [7, 11) is 0. The van der Waals surface area contributed by atoms with Crippen LogP contribution < -0.4 is 5.32 Å². The summed E-state index contributed by atoms with van der Waals surface area (Å²) in [6, 6.07) is 20.9. The van der Waals surface area contributed by atoms with Crippen LogP contribution in [0.5, 0.6) is 0 Å². The summed E-state index contributed by atoms with van der Waals surface area (Å²) in [6.45, 7) is 0. The Kier molecular flexibility index (Phi) is 5.53. The van der Waals surface area contributed by atoms with Gasteiger partial charge in [0.25, 0.3) is 0 Å². The first-order valence-electron chi connectivity index (χ1n) is 9.13. The number of hydrogen-bond donors (Lipinski definition) is 1. The molecular weight excluding hydrogens is 364 g/mol. The van der Waals surface area contributed by atoms with Crippen molar-refractivity contribution >= 4 is 17.7 Å². The van der Waals surface area contributed by atoms with Crippen molar-refractivity contribution in [2.75, 3.05) is 5.32 Å². The Hall–Kier alpha value is -4.06. The van der Waals surface area contributed by atoms with Gasteiger partial charge in [-0.1, -0.05) is 53.7 Å². The highest BCUT2D eigenvalue weighted by Crippen LogP contribution is 2.21. The Bertz CT molecular complexity index is 1120. The molecule has 0 saturated carbocycles. The van der Waals surface area contributed by atoms with E-state index in [0.717, 1.165) is 16.7 Å². The van der Waals surface area contributed by atoms with Crippen molar-refractivity contribution in [2.45, 2.75) is 6.42 Å².